The second-order valence-corrected chi connectivity index (χ2v) is 5.84. The lowest BCUT2D eigenvalue weighted by molar-refractivity contribution is 0.116. The Balaban J connectivity index is 2.18. The lowest BCUT2D eigenvalue weighted by Gasteiger charge is -2.26. The maximum absolute atomic E-state index is 9.51. The first-order valence-corrected chi connectivity index (χ1v) is 7.11. The van der Waals surface area contributed by atoms with E-state index in [-0.39, 0.29) is 12.1 Å². The summed E-state index contributed by atoms with van der Waals surface area (Å²) in [5.74, 6) is 0. The van der Waals surface area contributed by atoms with Gasteiger partial charge in [0.1, 0.15) is 0 Å². The van der Waals surface area contributed by atoms with Crippen molar-refractivity contribution in [2.75, 3.05) is 5.73 Å². The summed E-state index contributed by atoms with van der Waals surface area (Å²) < 4.78 is 17.3. The number of aryl methyl sites for hydroxylation is 1. The minimum Gasteiger partial charge on any atom is -0.398 e. The van der Waals surface area contributed by atoms with Crippen LogP contribution in [0, 0.1) is 6.92 Å². The number of hydrogen-bond acceptors (Lipinski definition) is 3. The molecule has 3 nitrogen and oxygen atoms in total. The number of anilines is 1. The Bertz CT molecular complexity index is 488. The Morgan fingerprint density at radius 2 is 2.11 bits per heavy atom. The molecule has 0 saturated heterocycles. The molecule has 2 rings (SSSR count). The normalized spacial score (nSPS) is 26.6. The number of benzene rings is 1. The summed E-state index contributed by atoms with van der Waals surface area (Å²) in [5, 5.41) is 12.6. The SMILES string of the molecule is [2H]C([2H])(NC1CCC(O)CC1)c1cc(C)cc(Br)c1N. The number of hydrogen-bond donors (Lipinski definition) is 3. The van der Waals surface area contributed by atoms with E-state index in [1.807, 2.05) is 13.0 Å². The fourth-order valence-corrected chi connectivity index (χ4v) is 2.83. The number of halogens is 1. The molecular weight excluding hydrogens is 292 g/mol. The minimum absolute atomic E-state index is 0.0760. The molecule has 0 bridgehead atoms. The standard InChI is InChI=1S/C14H21BrN2O/c1-9-6-10(14(16)13(15)7-9)8-17-11-2-4-12(18)5-3-11/h6-7,11-12,17-18H,2-5,8,16H2,1H3/i8D2. The van der Waals surface area contributed by atoms with Crippen molar-refractivity contribution in [2.24, 2.45) is 0 Å². The van der Waals surface area contributed by atoms with Crippen LogP contribution in [0.5, 0.6) is 0 Å². The van der Waals surface area contributed by atoms with Gasteiger partial charge in [-0.15, -0.1) is 0 Å². The van der Waals surface area contributed by atoms with E-state index in [0.29, 0.717) is 11.3 Å². The van der Waals surface area contributed by atoms with Crippen molar-refractivity contribution >= 4 is 21.6 Å². The lowest BCUT2D eigenvalue weighted by Crippen LogP contribution is -2.34. The van der Waals surface area contributed by atoms with Crippen molar-refractivity contribution in [2.45, 2.75) is 51.2 Å². The summed E-state index contributed by atoms with van der Waals surface area (Å²) in [6, 6.07) is 3.74. The average molecular weight is 315 g/mol. The molecule has 0 spiro atoms. The molecule has 0 atom stereocenters. The van der Waals surface area contributed by atoms with Gasteiger partial charge in [0.05, 0.1) is 11.8 Å². The summed E-state index contributed by atoms with van der Waals surface area (Å²) in [6.45, 7) is 0.242. The van der Waals surface area contributed by atoms with E-state index < -0.39 is 6.50 Å². The van der Waals surface area contributed by atoms with Crippen LogP contribution >= 0.6 is 15.9 Å². The smallest absolute Gasteiger partial charge is 0.0541 e. The molecule has 100 valence electrons. The average Bonchev–Trinajstić information content (AvgIpc) is 2.36. The molecule has 0 radical (unpaired) electrons. The summed E-state index contributed by atoms with van der Waals surface area (Å²) in [5.41, 5.74) is 7.86. The highest BCUT2D eigenvalue weighted by atomic mass is 79.9. The van der Waals surface area contributed by atoms with Crippen LogP contribution in [-0.4, -0.2) is 17.3 Å². The van der Waals surface area contributed by atoms with Gasteiger partial charge in [-0.05, 0) is 65.7 Å². The second kappa shape index (κ2) is 6.04. The summed E-state index contributed by atoms with van der Waals surface area (Å²) >= 11 is 3.37. The van der Waals surface area contributed by atoms with E-state index in [2.05, 4.69) is 21.2 Å². The molecule has 1 aliphatic rings. The number of nitrogens with two attached hydrogens (primary N) is 1. The molecule has 1 aromatic carbocycles. The Morgan fingerprint density at radius 3 is 2.78 bits per heavy atom. The summed E-state index contributed by atoms with van der Waals surface area (Å²) in [6.07, 6.45) is 2.78. The van der Waals surface area contributed by atoms with Crippen LogP contribution in [0.4, 0.5) is 5.69 Å². The molecule has 1 fully saturated rings. The highest BCUT2D eigenvalue weighted by molar-refractivity contribution is 9.10. The van der Waals surface area contributed by atoms with E-state index in [4.69, 9.17) is 8.48 Å². The fraction of sp³-hybridized carbons (Fsp3) is 0.571. The zero-order chi connectivity index (χ0) is 14.9. The van der Waals surface area contributed by atoms with E-state index in [1.54, 1.807) is 6.07 Å². The molecule has 1 aliphatic carbocycles. The molecule has 18 heavy (non-hydrogen) atoms. The van der Waals surface area contributed by atoms with Crippen molar-refractivity contribution in [3.8, 4) is 0 Å². The van der Waals surface area contributed by atoms with Gasteiger partial charge >= 0.3 is 0 Å². The van der Waals surface area contributed by atoms with E-state index in [1.165, 1.54) is 0 Å². The molecule has 4 N–H and O–H groups in total. The van der Waals surface area contributed by atoms with Gasteiger partial charge in [-0.3, -0.25) is 0 Å². The van der Waals surface area contributed by atoms with Crippen LogP contribution in [0.3, 0.4) is 0 Å². The van der Waals surface area contributed by atoms with Crippen LogP contribution in [0.1, 0.15) is 39.6 Å². The number of nitrogens with one attached hydrogen (secondary N) is 1. The van der Waals surface area contributed by atoms with Crippen LogP contribution in [-0.2, 0) is 6.50 Å². The van der Waals surface area contributed by atoms with E-state index in [9.17, 15) is 5.11 Å². The third-order valence-electron chi connectivity index (χ3n) is 3.38. The van der Waals surface area contributed by atoms with E-state index in [0.717, 1.165) is 35.7 Å². The molecule has 0 amide bonds. The fourth-order valence-electron chi connectivity index (χ4n) is 2.26. The Morgan fingerprint density at radius 1 is 1.44 bits per heavy atom. The van der Waals surface area contributed by atoms with Gasteiger partial charge < -0.3 is 16.2 Å². The molecule has 1 saturated carbocycles. The molecule has 0 aromatic heterocycles. The van der Waals surface area contributed by atoms with Crippen molar-refractivity contribution < 1.29 is 7.85 Å². The highest BCUT2D eigenvalue weighted by Gasteiger charge is 2.19. The van der Waals surface area contributed by atoms with Gasteiger partial charge in [0.2, 0.25) is 0 Å². The van der Waals surface area contributed by atoms with Gasteiger partial charge in [0.15, 0.2) is 0 Å². The van der Waals surface area contributed by atoms with Crippen molar-refractivity contribution in [3.05, 3.63) is 27.7 Å². The summed E-state index contributed by atoms with van der Waals surface area (Å²) in [7, 11) is 0. The van der Waals surface area contributed by atoms with Crippen LogP contribution < -0.4 is 11.1 Å². The number of aliphatic hydroxyl groups is 1. The Labute approximate surface area is 120 Å². The van der Waals surface area contributed by atoms with Crippen LogP contribution in [0.15, 0.2) is 16.6 Å². The van der Waals surface area contributed by atoms with Crippen molar-refractivity contribution in [1.82, 2.24) is 5.32 Å². The van der Waals surface area contributed by atoms with Crippen LogP contribution in [0.2, 0.25) is 0 Å². The quantitative estimate of drug-likeness (QED) is 0.752. The molecule has 0 unspecified atom stereocenters. The maximum Gasteiger partial charge on any atom is 0.0541 e. The van der Waals surface area contributed by atoms with Crippen molar-refractivity contribution in [3.63, 3.8) is 0 Å². The maximum atomic E-state index is 9.51. The molecule has 4 heteroatoms. The number of nitrogen functional groups attached to an aromatic ring is 1. The third kappa shape index (κ3) is 3.46. The first-order valence-electron chi connectivity index (χ1n) is 7.31. The molecular formula is C14H21BrN2O. The van der Waals surface area contributed by atoms with Gasteiger partial charge in [-0.2, -0.15) is 0 Å². The second-order valence-electron chi connectivity index (χ2n) is 4.98. The van der Waals surface area contributed by atoms with Gasteiger partial charge in [0, 0.05) is 19.8 Å². The first kappa shape index (κ1) is 11.3. The Hall–Kier alpha value is -0.580. The Kier molecular flexibility index (Phi) is 3.78. The lowest BCUT2D eigenvalue weighted by atomic mass is 9.93. The zero-order valence-corrected chi connectivity index (χ0v) is 12.1. The van der Waals surface area contributed by atoms with Gasteiger partial charge in [-0.25, -0.2) is 0 Å². The van der Waals surface area contributed by atoms with Crippen molar-refractivity contribution in [1.29, 1.82) is 0 Å². The van der Waals surface area contributed by atoms with Gasteiger partial charge in [0.25, 0.3) is 0 Å². The number of rotatable bonds is 3. The predicted octanol–water partition coefficient (Wildman–Crippen LogP) is 2.73. The topological polar surface area (TPSA) is 58.3 Å². The molecule has 0 heterocycles. The predicted molar refractivity (Wildman–Crippen MR) is 78.4 cm³/mol. The summed E-state index contributed by atoms with van der Waals surface area (Å²) in [4.78, 5) is 0. The number of aliphatic hydroxyl groups excluding tert-OH is 1. The van der Waals surface area contributed by atoms with Crippen LogP contribution in [0.25, 0.3) is 0 Å². The third-order valence-corrected chi connectivity index (χ3v) is 4.04. The zero-order valence-electron chi connectivity index (χ0n) is 12.5. The molecule has 1 aromatic rings. The first-order chi connectivity index (χ1) is 9.29. The highest BCUT2D eigenvalue weighted by Crippen LogP contribution is 2.26. The monoisotopic (exact) mass is 314 g/mol. The largest absolute Gasteiger partial charge is 0.398 e. The van der Waals surface area contributed by atoms with E-state index >= 15 is 0 Å². The minimum atomic E-state index is -1.68. The van der Waals surface area contributed by atoms with Gasteiger partial charge in [-0.1, -0.05) is 6.07 Å². The molecule has 0 aliphatic heterocycles.